The van der Waals surface area contributed by atoms with Crippen LogP contribution in [0.3, 0.4) is 0 Å². The van der Waals surface area contributed by atoms with Gasteiger partial charge in [0.15, 0.2) is 5.69 Å². The maximum Gasteiger partial charge on any atom is 0.359 e. The summed E-state index contributed by atoms with van der Waals surface area (Å²) in [7, 11) is 1.52. The number of esters is 1. The van der Waals surface area contributed by atoms with Crippen molar-refractivity contribution in [2.24, 2.45) is 7.05 Å². The van der Waals surface area contributed by atoms with Gasteiger partial charge in [0, 0.05) is 12.4 Å². The highest BCUT2D eigenvalue weighted by Gasteiger charge is 2.16. The van der Waals surface area contributed by atoms with Gasteiger partial charge in [0.25, 0.3) is 5.56 Å². The number of carbonyl (C=O) groups excluding carboxylic acids is 1. The number of carbonyl (C=O) groups is 1. The summed E-state index contributed by atoms with van der Waals surface area (Å²) in [5.41, 5.74) is 0.800. The molecule has 110 valence electrons. The number of ether oxygens (including phenoxy) is 1. The highest BCUT2D eigenvalue weighted by molar-refractivity contribution is 6.02. The molecular formula is C17H14N2O3. The van der Waals surface area contributed by atoms with Crippen LogP contribution in [-0.2, 0) is 18.4 Å². The molecule has 0 aliphatic carbocycles. The van der Waals surface area contributed by atoms with E-state index in [9.17, 15) is 9.59 Å². The molecule has 3 aromatic rings. The Balaban J connectivity index is 1.94. The summed E-state index contributed by atoms with van der Waals surface area (Å²) in [6.07, 6.45) is 0. The number of rotatable bonds is 3. The smallest absolute Gasteiger partial charge is 0.359 e. The van der Waals surface area contributed by atoms with Crippen LogP contribution in [0.1, 0.15) is 16.1 Å². The SMILES string of the molecule is Cn1nc(C(=O)OCc2ccccc2)c2ccccc2c1=O. The van der Waals surface area contributed by atoms with E-state index >= 15 is 0 Å². The van der Waals surface area contributed by atoms with Crippen molar-refractivity contribution in [2.45, 2.75) is 6.61 Å². The maximum absolute atomic E-state index is 12.3. The largest absolute Gasteiger partial charge is 0.456 e. The molecule has 0 spiro atoms. The van der Waals surface area contributed by atoms with Crippen LogP contribution in [0, 0.1) is 0 Å². The first kappa shape index (κ1) is 14.0. The molecule has 0 saturated heterocycles. The number of aryl methyl sites for hydroxylation is 1. The molecule has 3 rings (SSSR count). The Kier molecular flexibility index (Phi) is 3.70. The fourth-order valence-corrected chi connectivity index (χ4v) is 2.24. The van der Waals surface area contributed by atoms with E-state index in [2.05, 4.69) is 5.10 Å². The molecule has 1 aromatic heterocycles. The summed E-state index contributed by atoms with van der Waals surface area (Å²) < 4.78 is 6.45. The van der Waals surface area contributed by atoms with Gasteiger partial charge in [-0.15, -0.1) is 0 Å². The van der Waals surface area contributed by atoms with Gasteiger partial charge in [-0.25, -0.2) is 9.48 Å². The summed E-state index contributed by atoms with van der Waals surface area (Å²) in [6.45, 7) is 0.165. The van der Waals surface area contributed by atoms with Crippen LogP contribution in [0.5, 0.6) is 0 Å². The van der Waals surface area contributed by atoms with Gasteiger partial charge in [-0.3, -0.25) is 4.79 Å². The van der Waals surface area contributed by atoms with Gasteiger partial charge >= 0.3 is 5.97 Å². The van der Waals surface area contributed by atoms with E-state index in [-0.39, 0.29) is 17.9 Å². The molecular weight excluding hydrogens is 280 g/mol. The predicted octanol–water partition coefficient (Wildman–Crippen LogP) is 2.29. The van der Waals surface area contributed by atoms with Gasteiger partial charge in [0.05, 0.1) is 5.39 Å². The maximum atomic E-state index is 12.3. The zero-order chi connectivity index (χ0) is 15.5. The molecule has 0 amide bonds. The zero-order valence-corrected chi connectivity index (χ0v) is 12.0. The molecule has 5 heteroatoms. The van der Waals surface area contributed by atoms with Crippen LogP contribution >= 0.6 is 0 Å². The first-order valence-electron chi connectivity index (χ1n) is 6.84. The predicted molar refractivity (Wildman–Crippen MR) is 82.5 cm³/mol. The number of aromatic nitrogens is 2. The van der Waals surface area contributed by atoms with Crippen molar-refractivity contribution in [2.75, 3.05) is 0 Å². The molecule has 0 unspecified atom stereocenters. The van der Waals surface area contributed by atoms with Gasteiger partial charge in [0.2, 0.25) is 0 Å². The van der Waals surface area contributed by atoms with Crippen LogP contribution in [-0.4, -0.2) is 15.7 Å². The Morgan fingerprint density at radius 3 is 2.41 bits per heavy atom. The second-order valence-corrected chi connectivity index (χ2v) is 4.88. The lowest BCUT2D eigenvalue weighted by molar-refractivity contribution is 0.0465. The number of fused-ring (bicyclic) bond motifs is 1. The van der Waals surface area contributed by atoms with Gasteiger partial charge < -0.3 is 4.74 Å². The van der Waals surface area contributed by atoms with E-state index in [0.29, 0.717) is 10.8 Å². The summed E-state index contributed by atoms with van der Waals surface area (Å²) in [6, 6.07) is 16.3. The third-order valence-corrected chi connectivity index (χ3v) is 3.36. The third-order valence-electron chi connectivity index (χ3n) is 3.36. The van der Waals surface area contributed by atoms with E-state index in [4.69, 9.17) is 4.74 Å². The van der Waals surface area contributed by atoms with Crippen LogP contribution < -0.4 is 5.56 Å². The van der Waals surface area contributed by atoms with Crippen LogP contribution in [0.25, 0.3) is 10.8 Å². The lowest BCUT2D eigenvalue weighted by Gasteiger charge is -2.08. The lowest BCUT2D eigenvalue weighted by Crippen LogP contribution is -2.23. The molecule has 22 heavy (non-hydrogen) atoms. The second kappa shape index (κ2) is 5.81. The Hall–Kier alpha value is -2.95. The van der Waals surface area contributed by atoms with Gasteiger partial charge in [-0.2, -0.15) is 5.10 Å². The normalized spacial score (nSPS) is 10.6. The monoisotopic (exact) mass is 294 g/mol. The molecule has 0 aliphatic rings. The van der Waals surface area contributed by atoms with E-state index in [1.54, 1.807) is 24.3 Å². The standard InChI is InChI=1S/C17H14N2O3/c1-19-16(20)14-10-6-5-9-13(14)15(18-19)17(21)22-11-12-7-3-2-4-8-12/h2-10H,11H2,1H3. The van der Waals surface area contributed by atoms with Gasteiger partial charge in [-0.1, -0.05) is 48.5 Å². The molecule has 5 nitrogen and oxygen atoms in total. The van der Waals surface area contributed by atoms with Crippen molar-refractivity contribution < 1.29 is 9.53 Å². The quantitative estimate of drug-likeness (QED) is 0.695. The minimum Gasteiger partial charge on any atom is -0.456 e. The molecule has 2 aromatic carbocycles. The number of nitrogens with zero attached hydrogens (tertiary/aromatic N) is 2. The van der Waals surface area contributed by atoms with Gasteiger partial charge in [0.1, 0.15) is 6.61 Å². The van der Waals surface area contributed by atoms with Gasteiger partial charge in [-0.05, 0) is 11.6 Å². The molecule has 0 N–H and O–H groups in total. The van der Waals surface area contributed by atoms with E-state index in [1.807, 2.05) is 30.3 Å². The number of hydrogen-bond acceptors (Lipinski definition) is 4. The molecule has 1 heterocycles. The average Bonchev–Trinajstić information content (AvgIpc) is 2.57. The lowest BCUT2D eigenvalue weighted by atomic mass is 10.1. The molecule has 0 fully saturated rings. The summed E-state index contributed by atoms with van der Waals surface area (Å²) in [5.74, 6) is -0.546. The molecule has 0 atom stereocenters. The minimum atomic E-state index is -0.546. The Morgan fingerprint density at radius 1 is 1.05 bits per heavy atom. The van der Waals surface area contributed by atoms with E-state index in [1.165, 1.54) is 7.05 Å². The second-order valence-electron chi connectivity index (χ2n) is 4.88. The molecule has 0 aliphatic heterocycles. The van der Waals surface area contributed by atoms with Crippen LogP contribution in [0.15, 0.2) is 59.4 Å². The van der Waals surface area contributed by atoms with E-state index < -0.39 is 5.97 Å². The molecule has 0 saturated carbocycles. The highest BCUT2D eigenvalue weighted by atomic mass is 16.5. The fraction of sp³-hybridized carbons (Fsp3) is 0.118. The Labute approximate surface area is 126 Å². The summed E-state index contributed by atoms with van der Waals surface area (Å²) >= 11 is 0. The van der Waals surface area contributed by atoms with Crippen molar-refractivity contribution in [3.8, 4) is 0 Å². The van der Waals surface area contributed by atoms with Crippen molar-refractivity contribution >= 4 is 16.7 Å². The highest BCUT2D eigenvalue weighted by Crippen LogP contribution is 2.14. The summed E-state index contributed by atoms with van der Waals surface area (Å²) in [5, 5.41) is 5.00. The summed E-state index contributed by atoms with van der Waals surface area (Å²) in [4.78, 5) is 24.3. The van der Waals surface area contributed by atoms with Crippen molar-refractivity contribution in [3.63, 3.8) is 0 Å². The molecule has 0 bridgehead atoms. The number of hydrogen-bond donors (Lipinski definition) is 0. The Bertz CT molecular complexity index is 885. The van der Waals surface area contributed by atoms with Crippen molar-refractivity contribution in [1.29, 1.82) is 0 Å². The van der Waals surface area contributed by atoms with E-state index in [0.717, 1.165) is 10.2 Å². The van der Waals surface area contributed by atoms with Crippen LogP contribution in [0.2, 0.25) is 0 Å². The first-order chi connectivity index (χ1) is 10.7. The van der Waals surface area contributed by atoms with Crippen molar-refractivity contribution in [3.05, 3.63) is 76.2 Å². The van der Waals surface area contributed by atoms with Crippen LogP contribution in [0.4, 0.5) is 0 Å². The minimum absolute atomic E-state index is 0.147. The number of benzene rings is 2. The molecule has 0 radical (unpaired) electrons. The first-order valence-corrected chi connectivity index (χ1v) is 6.84. The zero-order valence-electron chi connectivity index (χ0n) is 12.0. The average molecular weight is 294 g/mol. The third kappa shape index (κ3) is 2.61. The fourth-order valence-electron chi connectivity index (χ4n) is 2.24. The van der Waals surface area contributed by atoms with Crippen molar-refractivity contribution in [1.82, 2.24) is 9.78 Å². The Morgan fingerprint density at radius 2 is 1.68 bits per heavy atom. The topological polar surface area (TPSA) is 61.2 Å².